The van der Waals surface area contributed by atoms with Gasteiger partial charge in [-0.25, -0.2) is 4.39 Å². The highest BCUT2D eigenvalue weighted by atomic mass is 35.5. The number of carbonyl (C=O) groups excluding carboxylic acids is 1. The third-order valence-corrected chi connectivity index (χ3v) is 6.08. The fourth-order valence-corrected chi connectivity index (χ4v) is 4.48. The summed E-state index contributed by atoms with van der Waals surface area (Å²) >= 11 is 5.83. The van der Waals surface area contributed by atoms with E-state index in [2.05, 4.69) is 10.3 Å². The van der Waals surface area contributed by atoms with Crippen LogP contribution in [0.2, 0.25) is 5.02 Å². The normalized spacial score (nSPS) is 22.4. The zero-order chi connectivity index (χ0) is 22.3. The maximum absolute atomic E-state index is 14.2. The first kappa shape index (κ1) is 21.8. The van der Waals surface area contributed by atoms with Gasteiger partial charge in [0.05, 0.1) is 28.6 Å². The van der Waals surface area contributed by atoms with Gasteiger partial charge in [0, 0.05) is 12.6 Å². The van der Waals surface area contributed by atoms with Gasteiger partial charge in [-0.15, -0.1) is 0 Å². The Morgan fingerprint density at radius 1 is 1.23 bits per heavy atom. The van der Waals surface area contributed by atoms with Crippen molar-refractivity contribution in [3.05, 3.63) is 58.1 Å². The zero-order valence-corrected chi connectivity index (χ0v) is 17.2. The Bertz CT molecular complexity index is 983. The molecular formula is C21H21ClF4N4O. The fraction of sp³-hybridized carbons (Fsp3) is 0.429. The molecule has 166 valence electrons. The van der Waals surface area contributed by atoms with E-state index in [0.29, 0.717) is 36.9 Å². The van der Waals surface area contributed by atoms with Crippen LogP contribution in [0.25, 0.3) is 0 Å². The van der Waals surface area contributed by atoms with Crippen molar-refractivity contribution >= 4 is 23.2 Å². The van der Waals surface area contributed by atoms with Crippen molar-refractivity contribution in [2.45, 2.75) is 50.0 Å². The number of rotatable bonds is 4. The fourth-order valence-electron chi connectivity index (χ4n) is 4.31. The van der Waals surface area contributed by atoms with E-state index in [1.165, 1.54) is 24.4 Å². The summed E-state index contributed by atoms with van der Waals surface area (Å²) in [6.07, 6.45) is -1.63. The first-order valence-corrected chi connectivity index (χ1v) is 10.3. The van der Waals surface area contributed by atoms with Crippen molar-refractivity contribution in [2.75, 3.05) is 11.9 Å². The van der Waals surface area contributed by atoms with Crippen LogP contribution in [0.4, 0.5) is 23.2 Å². The van der Waals surface area contributed by atoms with Crippen LogP contribution in [0.5, 0.6) is 0 Å². The number of fused-ring (bicyclic) bond motifs is 1. The average Bonchev–Trinajstić information content (AvgIpc) is 3.12. The molecule has 3 atom stereocenters. The van der Waals surface area contributed by atoms with Crippen LogP contribution in [0.1, 0.15) is 35.7 Å². The number of benzene rings is 1. The van der Waals surface area contributed by atoms with Crippen molar-refractivity contribution in [3.63, 3.8) is 0 Å². The van der Waals surface area contributed by atoms with Crippen LogP contribution in [-0.2, 0) is 17.6 Å². The highest BCUT2D eigenvalue weighted by Crippen LogP contribution is 2.39. The molecule has 1 aromatic carbocycles. The minimum atomic E-state index is -4.68. The molecule has 0 radical (unpaired) electrons. The van der Waals surface area contributed by atoms with E-state index in [-0.39, 0.29) is 23.3 Å². The maximum atomic E-state index is 14.2. The summed E-state index contributed by atoms with van der Waals surface area (Å²) in [5.41, 5.74) is 7.31. The topological polar surface area (TPSA) is 71.2 Å². The monoisotopic (exact) mass is 456 g/mol. The first-order valence-electron chi connectivity index (χ1n) is 9.96. The number of halogens is 5. The number of nitrogens with two attached hydrogens (primary N) is 1. The first-order chi connectivity index (χ1) is 14.6. The Morgan fingerprint density at radius 2 is 2.00 bits per heavy atom. The number of likely N-dealkylation sites (tertiary alicyclic amines) is 1. The largest absolute Gasteiger partial charge is 0.414 e. The Balaban J connectivity index is 1.50. The SMILES string of the molecule is N[C@H]1CCCN(C(c2ccc(NC3Cc4ccc(Cl)c(F)c4C3)cn2)C(F)(F)F)C1=O. The molecule has 0 saturated carbocycles. The summed E-state index contributed by atoms with van der Waals surface area (Å²) in [4.78, 5) is 17.0. The lowest BCUT2D eigenvalue weighted by molar-refractivity contribution is -0.195. The molecule has 1 aliphatic carbocycles. The molecule has 1 fully saturated rings. The third-order valence-electron chi connectivity index (χ3n) is 5.78. The second kappa shape index (κ2) is 8.27. The summed E-state index contributed by atoms with van der Waals surface area (Å²) in [7, 11) is 0. The number of hydrogen-bond acceptors (Lipinski definition) is 4. The molecule has 2 unspecified atom stereocenters. The van der Waals surface area contributed by atoms with Crippen LogP contribution in [0.15, 0.2) is 30.5 Å². The molecule has 2 aromatic rings. The Hall–Kier alpha value is -2.39. The average molecular weight is 457 g/mol. The van der Waals surface area contributed by atoms with Gasteiger partial charge >= 0.3 is 6.18 Å². The van der Waals surface area contributed by atoms with E-state index in [0.717, 1.165) is 10.5 Å². The maximum Gasteiger partial charge on any atom is 0.414 e. The van der Waals surface area contributed by atoms with Gasteiger partial charge in [-0.05, 0) is 55.0 Å². The van der Waals surface area contributed by atoms with Gasteiger partial charge in [-0.2, -0.15) is 13.2 Å². The number of piperidine rings is 1. The molecule has 0 spiro atoms. The molecule has 3 N–H and O–H groups in total. The number of alkyl halides is 3. The molecule has 2 aliphatic rings. The van der Waals surface area contributed by atoms with Crippen molar-refractivity contribution in [1.29, 1.82) is 0 Å². The Morgan fingerprint density at radius 3 is 2.68 bits per heavy atom. The number of hydrogen-bond donors (Lipinski definition) is 2. The number of nitrogens with one attached hydrogen (secondary N) is 1. The Labute approximate surface area is 181 Å². The van der Waals surface area contributed by atoms with E-state index in [1.807, 2.05) is 0 Å². The second-order valence-corrected chi connectivity index (χ2v) is 8.35. The van der Waals surface area contributed by atoms with Crippen LogP contribution >= 0.6 is 11.6 Å². The quantitative estimate of drug-likeness (QED) is 0.682. The predicted octanol–water partition coefficient (Wildman–Crippen LogP) is 4.01. The lowest BCUT2D eigenvalue weighted by atomic mass is 10.0. The van der Waals surface area contributed by atoms with Gasteiger partial charge in [0.1, 0.15) is 5.82 Å². The number of nitrogens with zero attached hydrogens (tertiary/aromatic N) is 2. The molecule has 5 nitrogen and oxygen atoms in total. The minimum absolute atomic E-state index is 0.0210. The highest BCUT2D eigenvalue weighted by molar-refractivity contribution is 6.30. The number of carbonyl (C=O) groups is 1. The van der Waals surface area contributed by atoms with Crippen LogP contribution in [-0.4, -0.2) is 40.6 Å². The summed E-state index contributed by atoms with van der Waals surface area (Å²) in [6, 6.07) is 2.83. The molecule has 4 rings (SSSR count). The van der Waals surface area contributed by atoms with Crippen molar-refractivity contribution in [3.8, 4) is 0 Å². The van der Waals surface area contributed by atoms with Gasteiger partial charge in [0.25, 0.3) is 0 Å². The third kappa shape index (κ3) is 4.34. The lowest BCUT2D eigenvalue weighted by Crippen LogP contribution is -2.52. The van der Waals surface area contributed by atoms with Gasteiger partial charge in [0.2, 0.25) is 5.91 Å². The van der Waals surface area contributed by atoms with Crippen LogP contribution in [0.3, 0.4) is 0 Å². The molecule has 31 heavy (non-hydrogen) atoms. The molecular weight excluding hydrogens is 436 g/mol. The Kier molecular flexibility index (Phi) is 5.83. The number of pyridine rings is 1. The van der Waals surface area contributed by atoms with Gasteiger partial charge in [-0.3, -0.25) is 9.78 Å². The van der Waals surface area contributed by atoms with Crippen molar-refractivity contribution in [1.82, 2.24) is 9.88 Å². The zero-order valence-electron chi connectivity index (χ0n) is 16.4. The second-order valence-electron chi connectivity index (χ2n) is 7.94. The molecule has 1 aliphatic heterocycles. The lowest BCUT2D eigenvalue weighted by Gasteiger charge is -2.37. The van der Waals surface area contributed by atoms with Crippen LogP contribution in [0, 0.1) is 5.82 Å². The van der Waals surface area contributed by atoms with Crippen molar-refractivity contribution < 1.29 is 22.4 Å². The van der Waals surface area contributed by atoms with Gasteiger partial charge in [0.15, 0.2) is 6.04 Å². The minimum Gasteiger partial charge on any atom is -0.380 e. The molecule has 1 saturated heterocycles. The smallest absolute Gasteiger partial charge is 0.380 e. The number of amides is 1. The predicted molar refractivity (Wildman–Crippen MR) is 108 cm³/mol. The van der Waals surface area contributed by atoms with E-state index in [1.54, 1.807) is 6.07 Å². The highest BCUT2D eigenvalue weighted by Gasteiger charge is 2.49. The van der Waals surface area contributed by atoms with Gasteiger partial charge in [-0.1, -0.05) is 17.7 Å². The summed E-state index contributed by atoms with van der Waals surface area (Å²) in [5.74, 6) is -1.16. The van der Waals surface area contributed by atoms with E-state index in [4.69, 9.17) is 17.3 Å². The molecule has 0 bridgehead atoms. The van der Waals surface area contributed by atoms with Crippen molar-refractivity contribution in [2.24, 2.45) is 5.73 Å². The summed E-state index contributed by atoms with van der Waals surface area (Å²) < 4.78 is 55.6. The van der Waals surface area contributed by atoms with E-state index in [9.17, 15) is 22.4 Å². The van der Waals surface area contributed by atoms with E-state index >= 15 is 0 Å². The van der Waals surface area contributed by atoms with E-state index < -0.39 is 30.0 Å². The molecule has 1 amide bonds. The standard InChI is InChI=1S/C21H21ClF4N4O/c22-15-5-3-11-8-13(9-14(11)18(15)23)29-12-4-6-17(28-10-12)19(21(24,25)26)30-7-1-2-16(27)20(30)31/h3-6,10,13,16,19,29H,1-2,7-9,27H2/t13?,16-,19?/m0/s1. The molecule has 2 heterocycles. The molecule has 10 heteroatoms. The number of aromatic nitrogens is 1. The van der Waals surface area contributed by atoms with Gasteiger partial charge < -0.3 is 16.0 Å². The van der Waals surface area contributed by atoms with Crippen LogP contribution < -0.4 is 11.1 Å². The number of anilines is 1. The summed E-state index contributed by atoms with van der Waals surface area (Å²) in [6.45, 7) is -0.0210. The summed E-state index contributed by atoms with van der Waals surface area (Å²) in [5, 5.41) is 3.25. The molecule has 1 aromatic heterocycles.